The highest BCUT2D eigenvalue weighted by molar-refractivity contribution is 6.15. The number of hydrogen-bond acceptors (Lipinski definition) is 5. The molecule has 3 aromatic rings. The molecule has 6 heteroatoms. The van der Waals surface area contributed by atoms with E-state index in [1.807, 2.05) is 49.4 Å². The van der Waals surface area contributed by atoms with Crippen LogP contribution in [0.4, 0.5) is 5.69 Å². The molecule has 0 bridgehead atoms. The van der Waals surface area contributed by atoms with Crippen molar-refractivity contribution in [3.8, 4) is 11.5 Å². The minimum Gasteiger partial charge on any atom is -0.489 e. The molecule has 31 heavy (non-hydrogen) atoms. The number of allylic oxidation sites excluding steroid dienone is 1. The van der Waals surface area contributed by atoms with Gasteiger partial charge < -0.3 is 9.47 Å². The first kappa shape index (κ1) is 20.1. The lowest BCUT2D eigenvalue weighted by Gasteiger charge is -2.10. The van der Waals surface area contributed by atoms with Gasteiger partial charge in [-0.05, 0) is 42.3 Å². The molecule has 0 radical (unpaired) electrons. The number of nitro benzene ring substituents is 1. The minimum atomic E-state index is -0.478. The summed E-state index contributed by atoms with van der Waals surface area (Å²) in [6, 6.07) is 19.4. The topological polar surface area (TPSA) is 78.7 Å². The number of fused-ring (bicyclic) bond motifs is 1. The van der Waals surface area contributed by atoms with E-state index in [2.05, 4.69) is 0 Å². The number of carbonyl (C=O) groups excluding carboxylic acids is 1. The predicted octanol–water partition coefficient (Wildman–Crippen LogP) is 5.61. The Balaban J connectivity index is 1.51. The first-order valence-corrected chi connectivity index (χ1v) is 9.69. The molecule has 154 valence electrons. The number of non-ortho nitro benzene ring substituents is 1. The second-order valence-electron chi connectivity index (χ2n) is 6.98. The molecular formula is C25H19NO5. The standard InChI is InChI=1S/C25H19NO5/c1-17-22(30-14-6-10-18-7-3-2-4-8-18)13-12-21-24(27)23(31-25(17)21)16-19-9-5-11-20(15-19)26(28)29/h2-13,15-16H,14H2,1H3/b10-6+,23-16-. The fourth-order valence-corrected chi connectivity index (χ4v) is 3.29. The molecule has 0 unspecified atom stereocenters. The summed E-state index contributed by atoms with van der Waals surface area (Å²) < 4.78 is 11.7. The van der Waals surface area contributed by atoms with Crippen LogP contribution in [-0.2, 0) is 0 Å². The van der Waals surface area contributed by atoms with Crippen LogP contribution in [0, 0.1) is 17.0 Å². The van der Waals surface area contributed by atoms with Gasteiger partial charge in [0.2, 0.25) is 5.78 Å². The highest BCUT2D eigenvalue weighted by Gasteiger charge is 2.30. The molecule has 0 saturated carbocycles. The lowest BCUT2D eigenvalue weighted by molar-refractivity contribution is -0.384. The average Bonchev–Trinajstić information content (AvgIpc) is 3.09. The summed E-state index contributed by atoms with van der Waals surface area (Å²) in [5.74, 6) is 0.937. The Bertz CT molecular complexity index is 1210. The second-order valence-corrected chi connectivity index (χ2v) is 6.98. The third-order valence-electron chi connectivity index (χ3n) is 4.86. The second kappa shape index (κ2) is 8.67. The quantitative estimate of drug-likeness (QED) is 0.298. The van der Waals surface area contributed by atoms with Gasteiger partial charge in [-0.2, -0.15) is 0 Å². The predicted molar refractivity (Wildman–Crippen MR) is 118 cm³/mol. The summed E-state index contributed by atoms with van der Waals surface area (Å²) in [5, 5.41) is 11.0. The third-order valence-corrected chi connectivity index (χ3v) is 4.86. The Morgan fingerprint density at radius 2 is 1.81 bits per heavy atom. The van der Waals surface area contributed by atoms with E-state index in [1.165, 1.54) is 18.2 Å². The van der Waals surface area contributed by atoms with Crippen molar-refractivity contribution in [1.82, 2.24) is 0 Å². The molecular weight excluding hydrogens is 394 g/mol. The summed E-state index contributed by atoms with van der Waals surface area (Å²) in [4.78, 5) is 23.2. The van der Waals surface area contributed by atoms with E-state index >= 15 is 0 Å². The van der Waals surface area contributed by atoms with Crippen LogP contribution in [0.3, 0.4) is 0 Å². The van der Waals surface area contributed by atoms with Crippen LogP contribution < -0.4 is 9.47 Å². The van der Waals surface area contributed by atoms with Crippen LogP contribution in [-0.4, -0.2) is 17.3 Å². The molecule has 0 aliphatic carbocycles. The lowest BCUT2D eigenvalue weighted by Crippen LogP contribution is -1.98. The number of carbonyl (C=O) groups is 1. The van der Waals surface area contributed by atoms with Crippen molar-refractivity contribution in [2.24, 2.45) is 0 Å². The molecule has 0 aromatic heterocycles. The number of Topliss-reactive ketones (excluding diaryl/α,β-unsaturated/α-hetero) is 1. The van der Waals surface area contributed by atoms with Gasteiger partial charge >= 0.3 is 0 Å². The molecule has 1 heterocycles. The molecule has 0 spiro atoms. The van der Waals surface area contributed by atoms with Crippen molar-refractivity contribution in [3.63, 3.8) is 0 Å². The Morgan fingerprint density at radius 3 is 2.58 bits per heavy atom. The van der Waals surface area contributed by atoms with Crippen molar-refractivity contribution >= 4 is 23.6 Å². The summed E-state index contributed by atoms with van der Waals surface area (Å²) in [7, 11) is 0. The van der Waals surface area contributed by atoms with Crippen molar-refractivity contribution in [1.29, 1.82) is 0 Å². The smallest absolute Gasteiger partial charge is 0.270 e. The monoisotopic (exact) mass is 413 g/mol. The number of ether oxygens (including phenoxy) is 2. The van der Waals surface area contributed by atoms with E-state index in [4.69, 9.17) is 9.47 Å². The van der Waals surface area contributed by atoms with Crippen molar-refractivity contribution < 1.29 is 19.2 Å². The van der Waals surface area contributed by atoms with Crippen LogP contribution in [0.25, 0.3) is 12.2 Å². The van der Waals surface area contributed by atoms with Crippen molar-refractivity contribution in [2.45, 2.75) is 6.92 Å². The maximum absolute atomic E-state index is 12.7. The van der Waals surface area contributed by atoms with Gasteiger partial charge in [0.05, 0.1) is 10.5 Å². The Morgan fingerprint density at radius 1 is 1.03 bits per heavy atom. The van der Waals surface area contributed by atoms with Gasteiger partial charge in [-0.25, -0.2) is 0 Å². The van der Waals surface area contributed by atoms with Crippen LogP contribution in [0.1, 0.15) is 27.0 Å². The van der Waals surface area contributed by atoms with Crippen molar-refractivity contribution in [2.75, 3.05) is 6.61 Å². The molecule has 4 rings (SSSR count). The Kier molecular flexibility index (Phi) is 5.62. The highest BCUT2D eigenvalue weighted by Crippen LogP contribution is 2.39. The molecule has 0 amide bonds. The van der Waals surface area contributed by atoms with Crippen LogP contribution in [0.15, 0.2) is 78.6 Å². The van der Waals surface area contributed by atoms with E-state index in [9.17, 15) is 14.9 Å². The lowest BCUT2D eigenvalue weighted by atomic mass is 10.1. The van der Waals surface area contributed by atoms with Gasteiger partial charge in [0.15, 0.2) is 5.76 Å². The number of ketones is 1. The van der Waals surface area contributed by atoms with Gasteiger partial charge in [-0.1, -0.05) is 48.5 Å². The van der Waals surface area contributed by atoms with E-state index in [1.54, 1.807) is 24.3 Å². The van der Waals surface area contributed by atoms with Crippen molar-refractivity contribution in [3.05, 3.63) is 111 Å². The average molecular weight is 413 g/mol. The molecule has 0 saturated heterocycles. The first-order valence-electron chi connectivity index (χ1n) is 9.69. The molecule has 3 aromatic carbocycles. The van der Waals surface area contributed by atoms with E-state index in [0.717, 1.165) is 11.1 Å². The van der Waals surface area contributed by atoms with E-state index in [-0.39, 0.29) is 17.2 Å². The molecule has 1 aliphatic heterocycles. The van der Waals surface area contributed by atoms with Gasteiger partial charge in [0.1, 0.15) is 18.1 Å². The molecule has 0 fully saturated rings. The molecule has 0 atom stereocenters. The summed E-state index contributed by atoms with van der Waals surface area (Å²) in [5.41, 5.74) is 2.72. The highest BCUT2D eigenvalue weighted by atomic mass is 16.6. The minimum absolute atomic E-state index is 0.0484. The zero-order chi connectivity index (χ0) is 21.8. The van der Waals surface area contributed by atoms with Gasteiger partial charge in [-0.3, -0.25) is 14.9 Å². The molecule has 0 N–H and O–H groups in total. The molecule has 6 nitrogen and oxygen atoms in total. The summed E-state index contributed by atoms with van der Waals surface area (Å²) in [6.45, 7) is 2.21. The van der Waals surface area contributed by atoms with Gasteiger partial charge in [0, 0.05) is 17.7 Å². The number of hydrogen-bond donors (Lipinski definition) is 0. The van der Waals surface area contributed by atoms with Crippen LogP contribution in [0.5, 0.6) is 11.5 Å². The van der Waals surface area contributed by atoms with Crippen LogP contribution >= 0.6 is 0 Å². The number of rotatable bonds is 6. The van der Waals surface area contributed by atoms with Gasteiger partial charge in [0.25, 0.3) is 5.69 Å². The maximum Gasteiger partial charge on any atom is 0.270 e. The zero-order valence-electron chi connectivity index (χ0n) is 16.8. The fraction of sp³-hybridized carbons (Fsp3) is 0.0800. The Labute approximate surface area is 179 Å². The summed E-state index contributed by atoms with van der Waals surface area (Å²) in [6.07, 6.45) is 5.40. The maximum atomic E-state index is 12.7. The zero-order valence-corrected chi connectivity index (χ0v) is 16.8. The molecule has 1 aliphatic rings. The SMILES string of the molecule is Cc1c(OC/C=C/c2ccccc2)ccc2c1O/C(=C\c1cccc([N+](=O)[O-])c1)C2=O. The number of benzene rings is 3. The Hall–Kier alpha value is -4.19. The largest absolute Gasteiger partial charge is 0.489 e. The number of nitrogens with zero attached hydrogens (tertiary/aromatic N) is 1. The normalized spacial score (nSPS) is 14.0. The van der Waals surface area contributed by atoms with Crippen LogP contribution in [0.2, 0.25) is 0 Å². The summed E-state index contributed by atoms with van der Waals surface area (Å²) >= 11 is 0. The van der Waals surface area contributed by atoms with Gasteiger partial charge in [-0.15, -0.1) is 0 Å². The van der Waals surface area contributed by atoms with E-state index in [0.29, 0.717) is 29.2 Å². The number of nitro groups is 1. The first-order chi connectivity index (χ1) is 15.0. The van der Waals surface area contributed by atoms with E-state index < -0.39 is 4.92 Å². The fourth-order valence-electron chi connectivity index (χ4n) is 3.29. The third kappa shape index (κ3) is 4.38.